The van der Waals surface area contributed by atoms with E-state index in [0.717, 1.165) is 0 Å². The van der Waals surface area contributed by atoms with Crippen LogP contribution in [0.3, 0.4) is 0 Å². The predicted octanol–water partition coefficient (Wildman–Crippen LogP) is 1.68. The Labute approximate surface area is 124 Å². The Kier molecular flexibility index (Phi) is 3.96. The van der Waals surface area contributed by atoms with E-state index < -0.39 is 14.3 Å². The maximum Gasteiger partial charge on any atom is 0.237 e. The van der Waals surface area contributed by atoms with E-state index in [4.69, 9.17) is 10.7 Å². The minimum Gasteiger partial charge on any atom is -0.293 e. The van der Waals surface area contributed by atoms with Gasteiger partial charge in [-0.3, -0.25) is 9.69 Å². The van der Waals surface area contributed by atoms with Crippen molar-refractivity contribution in [1.82, 2.24) is 9.97 Å². The van der Waals surface area contributed by atoms with Gasteiger partial charge in [-0.25, -0.2) is 18.4 Å². The van der Waals surface area contributed by atoms with Crippen molar-refractivity contribution in [3.05, 3.63) is 15.4 Å². The molecule has 18 heavy (non-hydrogen) atoms. The number of hydrogen-bond acceptors (Lipinski definition) is 5. The largest absolute Gasteiger partial charge is 0.293 e. The summed E-state index contributed by atoms with van der Waals surface area (Å²) < 4.78 is 23.3. The molecule has 1 saturated heterocycles. The van der Waals surface area contributed by atoms with Crippen molar-refractivity contribution in [2.45, 2.75) is 11.7 Å². The van der Waals surface area contributed by atoms with Crippen molar-refractivity contribution < 1.29 is 13.2 Å². The molecule has 2 heterocycles. The Bertz CT molecular complexity index is 610. The Balaban J connectivity index is 2.33. The van der Waals surface area contributed by atoms with E-state index in [0.29, 0.717) is 9.21 Å². The van der Waals surface area contributed by atoms with Gasteiger partial charge < -0.3 is 0 Å². The van der Waals surface area contributed by atoms with Crippen LogP contribution in [-0.2, 0) is 13.8 Å². The highest BCUT2D eigenvalue weighted by Gasteiger charge is 2.39. The Morgan fingerprint density at radius 3 is 2.61 bits per heavy atom. The normalized spacial score (nSPS) is 20.5. The zero-order valence-corrected chi connectivity index (χ0v) is 13.4. The highest BCUT2D eigenvalue weighted by molar-refractivity contribution is 9.11. The zero-order valence-electron chi connectivity index (χ0n) is 8.68. The Morgan fingerprint density at radius 1 is 1.44 bits per heavy atom. The quantitative estimate of drug-likeness (QED) is 0.682. The maximum atomic E-state index is 11.8. The molecule has 0 aliphatic carbocycles. The van der Waals surface area contributed by atoms with E-state index >= 15 is 0 Å². The predicted molar refractivity (Wildman–Crippen MR) is 73.0 cm³/mol. The van der Waals surface area contributed by atoms with Gasteiger partial charge in [0, 0.05) is 23.6 Å². The monoisotopic (exact) mass is 417 g/mol. The number of hydrogen-bond donors (Lipinski definition) is 0. The molecule has 98 valence electrons. The molecule has 1 amide bonds. The summed E-state index contributed by atoms with van der Waals surface area (Å²) >= 11 is 6.31. The first-order valence-electron chi connectivity index (χ1n) is 4.71. The van der Waals surface area contributed by atoms with E-state index in [9.17, 15) is 13.2 Å². The van der Waals surface area contributed by atoms with Crippen LogP contribution in [-0.4, -0.2) is 36.1 Å². The van der Waals surface area contributed by atoms with E-state index in [-0.39, 0.29) is 24.7 Å². The molecule has 0 spiro atoms. The molecule has 6 nitrogen and oxygen atoms in total. The molecule has 0 N–H and O–H groups in total. The van der Waals surface area contributed by atoms with Gasteiger partial charge in [-0.2, -0.15) is 0 Å². The molecule has 0 bridgehead atoms. The van der Waals surface area contributed by atoms with Crippen LogP contribution >= 0.6 is 42.5 Å². The van der Waals surface area contributed by atoms with Gasteiger partial charge in [0.05, 0.1) is 6.20 Å². The zero-order chi connectivity index (χ0) is 13.5. The van der Waals surface area contributed by atoms with E-state index in [1.54, 1.807) is 0 Å². The van der Waals surface area contributed by atoms with Crippen molar-refractivity contribution in [1.29, 1.82) is 0 Å². The number of nitrogens with zero attached hydrogens (tertiary/aromatic N) is 3. The van der Waals surface area contributed by atoms with Gasteiger partial charge >= 0.3 is 0 Å². The van der Waals surface area contributed by atoms with Crippen molar-refractivity contribution in [2.75, 3.05) is 11.4 Å². The average Bonchev–Trinajstić information content (AvgIpc) is 2.60. The van der Waals surface area contributed by atoms with Crippen molar-refractivity contribution >= 4 is 63.3 Å². The van der Waals surface area contributed by atoms with Gasteiger partial charge in [0.1, 0.15) is 14.5 Å². The summed E-state index contributed by atoms with van der Waals surface area (Å²) in [5.74, 6) is -0.0624. The van der Waals surface area contributed by atoms with Crippen molar-refractivity contribution in [3.63, 3.8) is 0 Å². The first-order chi connectivity index (χ1) is 8.29. The van der Waals surface area contributed by atoms with Crippen LogP contribution in [0.1, 0.15) is 6.42 Å². The molecule has 1 aromatic rings. The smallest absolute Gasteiger partial charge is 0.237 e. The lowest BCUT2D eigenvalue weighted by Crippen LogP contribution is -2.28. The summed E-state index contributed by atoms with van der Waals surface area (Å²) in [6.45, 7) is -0.0143. The van der Waals surface area contributed by atoms with E-state index in [2.05, 4.69) is 41.8 Å². The number of amides is 1. The number of carbonyl (C=O) groups is 1. The van der Waals surface area contributed by atoms with Crippen LogP contribution in [0.5, 0.6) is 0 Å². The molecule has 0 saturated carbocycles. The highest BCUT2D eigenvalue weighted by Crippen LogP contribution is 2.30. The van der Waals surface area contributed by atoms with Crippen molar-refractivity contribution in [3.8, 4) is 0 Å². The molecule has 1 aromatic heterocycles. The van der Waals surface area contributed by atoms with Crippen LogP contribution in [0, 0.1) is 0 Å². The SMILES string of the molecule is O=C1CC(S(=O)(=O)Cl)CN1c1ncc(Br)nc1Br. The second-order valence-corrected chi connectivity index (χ2v) is 8.09. The molecule has 1 aliphatic rings. The fourth-order valence-corrected chi connectivity index (χ4v) is 3.64. The van der Waals surface area contributed by atoms with Gasteiger partial charge in [0.15, 0.2) is 5.82 Å². The second kappa shape index (κ2) is 5.03. The van der Waals surface area contributed by atoms with Gasteiger partial charge in [0.25, 0.3) is 0 Å². The van der Waals surface area contributed by atoms with Crippen LogP contribution in [0.2, 0.25) is 0 Å². The van der Waals surface area contributed by atoms with Crippen LogP contribution < -0.4 is 4.90 Å². The first-order valence-corrected chi connectivity index (χ1v) is 8.67. The minimum atomic E-state index is -3.76. The molecule has 0 radical (unpaired) electrons. The summed E-state index contributed by atoms with van der Waals surface area (Å²) in [6.07, 6.45) is 1.28. The van der Waals surface area contributed by atoms with Gasteiger partial charge in [-0.15, -0.1) is 0 Å². The number of rotatable bonds is 2. The molecule has 1 fully saturated rings. The van der Waals surface area contributed by atoms with E-state index in [1.165, 1.54) is 11.1 Å². The minimum absolute atomic E-state index is 0.0143. The molecular weight excluding hydrogens is 413 g/mol. The number of halogens is 3. The molecular formula is C8H6Br2ClN3O3S. The van der Waals surface area contributed by atoms with Gasteiger partial charge in [0.2, 0.25) is 15.0 Å². The third-order valence-electron chi connectivity index (χ3n) is 2.43. The fourth-order valence-electron chi connectivity index (χ4n) is 1.59. The Hall–Kier alpha value is -0.250. The lowest BCUT2D eigenvalue weighted by molar-refractivity contribution is -0.117. The van der Waals surface area contributed by atoms with Crippen LogP contribution in [0.25, 0.3) is 0 Å². The summed E-state index contributed by atoms with van der Waals surface area (Å²) in [6, 6.07) is 0. The number of aromatic nitrogens is 2. The molecule has 1 unspecified atom stereocenters. The lowest BCUT2D eigenvalue weighted by Gasteiger charge is -2.15. The summed E-state index contributed by atoms with van der Waals surface area (Å²) in [7, 11) is 1.50. The second-order valence-electron chi connectivity index (χ2n) is 3.61. The molecule has 2 rings (SSSR count). The van der Waals surface area contributed by atoms with Gasteiger partial charge in [-0.1, -0.05) is 0 Å². The highest BCUT2D eigenvalue weighted by atomic mass is 79.9. The van der Waals surface area contributed by atoms with E-state index in [1.807, 2.05) is 0 Å². The number of carbonyl (C=O) groups excluding carboxylic acids is 1. The lowest BCUT2D eigenvalue weighted by atomic mass is 10.4. The average molecular weight is 419 g/mol. The topological polar surface area (TPSA) is 80.2 Å². The third kappa shape index (κ3) is 2.84. The van der Waals surface area contributed by atoms with Crippen LogP contribution in [0.15, 0.2) is 15.4 Å². The molecule has 10 heteroatoms. The molecule has 1 aliphatic heterocycles. The van der Waals surface area contributed by atoms with Gasteiger partial charge in [-0.05, 0) is 31.9 Å². The maximum absolute atomic E-state index is 11.8. The standard InChI is InChI=1S/C8H6Br2ClN3O3S/c9-5-2-12-8(7(10)13-5)14-3-4(1-6(14)15)18(11,16)17/h2,4H,1,3H2. The van der Waals surface area contributed by atoms with Crippen LogP contribution in [0.4, 0.5) is 5.82 Å². The van der Waals surface area contributed by atoms with Crippen molar-refractivity contribution in [2.24, 2.45) is 0 Å². The number of anilines is 1. The summed E-state index contributed by atoms with van der Waals surface area (Å²) in [5, 5.41) is -0.913. The molecule has 1 atom stereocenters. The summed E-state index contributed by atoms with van der Waals surface area (Å²) in [5.41, 5.74) is 0. The molecule has 0 aromatic carbocycles. The fraction of sp³-hybridized carbons (Fsp3) is 0.375. The summed E-state index contributed by atoms with van der Waals surface area (Å²) in [4.78, 5) is 21.1. The third-order valence-corrected chi connectivity index (χ3v) is 5.21. The first kappa shape index (κ1) is 14.2. The Morgan fingerprint density at radius 2 is 2.11 bits per heavy atom.